The van der Waals surface area contributed by atoms with Crippen LogP contribution in [-0.2, 0) is 4.79 Å². The van der Waals surface area contributed by atoms with Gasteiger partial charge in [-0.3, -0.25) is 4.79 Å². The van der Waals surface area contributed by atoms with E-state index in [2.05, 4.69) is 0 Å². The van der Waals surface area contributed by atoms with E-state index in [1.54, 1.807) is 0 Å². The molecular weight excluding hydrogens is 166 g/mol. The molecule has 0 aromatic heterocycles. The van der Waals surface area contributed by atoms with Crippen molar-refractivity contribution in [2.75, 3.05) is 0 Å². The fourth-order valence-electron chi connectivity index (χ4n) is 2.35. The number of halogens is 2. The van der Waals surface area contributed by atoms with Crippen molar-refractivity contribution >= 4 is 5.97 Å². The summed E-state index contributed by atoms with van der Waals surface area (Å²) in [6.07, 6.45) is 1.56. The van der Waals surface area contributed by atoms with Crippen LogP contribution in [0.3, 0.4) is 0 Å². The fourth-order valence-corrected chi connectivity index (χ4v) is 2.35. The van der Waals surface area contributed by atoms with E-state index in [0.29, 0.717) is 19.3 Å². The van der Waals surface area contributed by atoms with Crippen LogP contribution in [0.5, 0.6) is 0 Å². The summed E-state index contributed by atoms with van der Waals surface area (Å²) in [6.45, 7) is 0. The third-order valence-electron chi connectivity index (χ3n) is 3.04. The van der Waals surface area contributed by atoms with Gasteiger partial charge in [0.1, 0.15) is 0 Å². The molecule has 0 amide bonds. The van der Waals surface area contributed by atoms with Crippen molar-refractivity contribution in [3.05, 3.63) is 0 Å². The smallest absolute Gasteiger partial charge is 0.307 e. The first-order valence-corrected chi connectivity index (χ1v) is 4.15. The number of rotatable bonds is 1. The van der Waals surface area contributed by atoms with Crippen molar-refractivity contribution in [1.82, 2.24) is 0 Å². The van der Waals surface area contributed by atoms with E-state index in [4.69, 9.17) is 5.11 Å². The maximum absolute atomic E-state index is 12.8. The lowest BCUT2D eigenvalue weighted by Gasteiger charge is -2.14. The molecular formula is C8H10F2O2. The summed E-state index contributed by atoms with van der Waals surface area (Å²) in [5, 5.41) is 8.63. The second kappa shape index (κ2) is 2.18. The summed E-state index contributed by atoms with van der Waals surface area (Å²) in [5.74, 6) is -6.02. The number of hydrogen-bond acceptors (Lipinski definition) is 1. The average molecular weight is 176 g/mol. The van der Waals surface area contributed by atoms with E-state index >= 15 is 0 Å². The topological polar surface area (TPSA) is 37.3 Å². The van der Waals surface area contributed by atoms with Crippen molar-refractivity contribution in [2.24, 2.45) is 17.8 Å². The maximum Gasteiger partial charge on any atom is 0.307 e. The molecule has 1 N–H and O–H groups in total. The Balaban J connectivity index is 2.14. The number of alkyl halides is 2. The molecule has 0 aliphatic heterocycles. The fraction of sp³-hybridized carbons (Fsp3) is 0.875. The highest BCUT2D eigenvalue weighted by Crippen LogP contribution is 2.64. The Morgan fingerprint density at radius 1 is 1.42 bits per heavy atom. The number of carboxylic acids is 1. The van der Waals surface area contributed by atoms with Gasteiger partial charge in [0.2, 0.25) is 0 Å². The first-order chi connectivity index (χ1) is 5.55. The minimum absolute atomic E-state index is 0.423. The van der Waals surface area contributed by atoms with Crippen LogP contribution in [0.15, 0.2) is 0 Å². The van der Waals surface area contributed by atoms with Crippen molar-refractivity contribution in [3.63, 3.8) is 0 Å². The summed E-state index contributed by atoms with van der Waals surface area (Å²) in [5.41, 5.74) is 0. The van der Waals surface area contributed by atoms with Crippen LogP contribution in [0.1, 0.15) is 19.3 Å². The molecule has 2 fully saturated rings. The van der Waals surface area contributed by atoms with E-state index in [-0.39, 0.29) is 0 Å². The van der Waals surface area contributed by atoms with Crippen LogP contribution in [0.4, 0.5) is 8.78 Å². The van der Waals surface area contributed by atoms with E-state index < -0.39 is 29.6 Å². The molecule has 2 nitrogen and oxygen atoms in total. The Morgan fingerprint density at radius 3 is 2.58 bits per heavy atom. The molecule has 0 spiro atoms. The van der Waals surface area contributed by atoms with Crippen LogP contribution in [-0.4, -0.2) is 17.0 Å². The van der Waals surface area contributed by atoms with Crippen LogP contribution < -0.4 is 0 Å². The highest BCUT2D eigenvalue weighted by Gasteiger charge is 2.72. The van der Waals surface area contributed by atoms with Crippen LogP contribution >= 0.6 is 0 Å². The number of carboxylic acid groups (broad SMARTS) is 1. The zero-order valence-corrected chi connectivity index (χ0v) is 6.46. The summed E-state index contributed by atoms with van der Waals surface area (Å²) in [4.78, 5) is 10.5. The van der Waals surface area contributed by atoms with Gasteiger partial charge in [-0.15, -0.1) is 0 Å². The Kier molecular flexibility index (Phi) is 1.44. The molecule has 0 saturated heterocycles. The lowest BCUT2D eigenvalue weighted by molar-refractivity contribution is -0.144. The molecule has 2 aliphatic rings. The van der Waals surface area contributed by atoms with Crippen molar-refractivity contribution in [1.29, 1.82) is 0 Å². The predicted molar refractivity (Wildman–Crippen MR) is 36.9 cm³/mol. The minimum atomic E-state index is -2.68. The van der Waals surface area contributed by atoms with E-state index in [1.165, 1.54) is 0 Å². The van der Waals surface area contributed by atoms with Gasteiger partial charge < -0.3 is 5.11 Å². The molecule has 0 aromatic carbocycles. The summed E-state index contributed by atoms with van der Waals surface area (Å²) >= 11 is 0. The molecule has 3 atom stereocenters. The highest BCUT2D eigenvalue weighted by molar-refractivity contribution is 5.71. The molecule has 12 heavy (non-hydrogen) atoms. The SMILES string of the molecule is O=C(O)C1CCCC2C1C2(F)F. The molecule has 0 aromatic rings. The van der Waals surface area contributed by atoms with Gasteiger partial charge in [-0.1, -0.05) is 6.42 Å². The van der Waals surface area contributed by atoms with Crippen molar-refractivity contribution in [2.45, 2.75) is 25.2 Å². The van der Waals surface area contributed by atoms with E-state index in [1.807, 2.05) is 0 Å². The van der Waals surface area contributed by atoms with Crippen LogP contribution in [0, 0.1) is 17.8 Å². The highest BCUT2D eigenvalue weighted by atomic mass is 19.3. The second-order valence-electron chi connectivity index (χ2n) is 3.68. The third-order valence-corrected chi connectivity index (χ3v) is 3.04. The zero-order valence-electron chi connectivity index (χ0n) is 6.46. The van der Waals surface area contributed by atoms with Gasteiger partial charge in [-0.05, 0) is 12.8 Å². The molecule has 68 valence electrons. The molecule has 2 rings (SSSR count). The van der Waals surface area contributed by atoms with Gasteiger partial charge in [-0.2, -0.15) is 0 Å². The van der Waals surface area contributed by atoms with Gasteiger partial charge in [0, 0.05) is 11.8 Å². The maximum atomic E-state index is 12.8. The van der Waals surface area contributed by atoms with Crippen molar-refractivity contribution < 1.29 is 18.7 Å². The zero-order chi connectivity index (χ0) is 8.93. The first-order valence-electron chi connectivity index (χ1n) is 4.15. The quantitative estimate of drug-likeness (QED) is 0.660. The minimum Gasteiger partial charge on any atom is -0.481 e. The van der Waals surface area contributed by atoms with Gasteiger partial charge in [0.05, 0.1) is 5.92 Å². The first kappa shape index (κ1) is 7.95. The Hall–Kier alpha value is -0.670. The van der Waals surface area contributed by atoms with E-state index in [9.17, 15) is 13.6 Å². The Labute approximate surface area is 68.6 Å². The standard InChI is InChI=1S/C8H10F2O2/c9-8(10)5-3-1-2-4(6(5)8)7(11)12/h4-6H,1-3H2,(H,11,12). The van der Waals surface area contributed by atoms with Crippen LogP contribution in [0.2, 0.25) is 0 Å². The summed E-state index contributed by atoms with van der Waals surface area (Å²) in [6, 6.07) is 0. The van der Waals surface area contributed by atoms with Crippen molar-refractivity contribution in [3.8, 4) is 0 Å². The number of aliphatic carboxylic acids is 1. The molecule has 2 saturated carbocycles. The summed E-state index contributed by atoms with van der Waals surface area (Å²) in [7, 11) is 0. The lowest BCUT2D eigenvalue weighted by Crippen LogP contribution is -2.20. The molecule has 0 heterocycles. The largest absolute Gasteiger partial charge is 0.481 e. The Morgan fingerprint density at radius 2 is 2.08 bits per heavy atom. The number of hydrogen-bond donors (Lipinski definition) is 1. The molecule has 0 bridgehead atoms. The van der Waals surface area contributed by atoms with Gasteiger partial charge in [0.25, 0.3) is 5.92 Å². The molecule has 2 aliphatic carbocycles. The second-order valence-corrected chi connectivity index (χ2v) is 3.68. The average Bonchev–Trinajstić information content (AvgIpc) is 2.55. The van der Waals surface area contributed by atoms with Crippen LogP contribution in [0.25, 0.3) is 0 Å². The third kappa shape index (κ3) is 0.867. The van der Waals surface area contributed by atoms with Gasteiger partial charge >= 0.3 is 5.97 Å². The molecule has 4 heteroatoms. The molecule has 0 radical (unpaired) electrons. The van der Waals surface area contributed by atoms with Gasteiger partial charge in [-0.25, -0.2) is 8.78 Å². The summed E-state index contributed by atoms with van der Waals surface area (Å²) < 4.78 is 25.7. The van der Waals surface area contributed by atoms with Gasteiger partial charge in [0.15, 0.2) is 0 Å². The monoisotopic (exact) mass is 176 g/mol. The predicted octanol–water partition coefficient (Wildman–Crippen LogP) is 1.75. The lowest BCUT2D eigenvalue weighted by atomic mass is 9.89. The molecule has 3 unspecified atom stereocenters. The Bertz CT molecular complexity index is 227. The normalized spacial score (nSPS) is 43.3. The van der Waals surface area contributed by atoms with E-state index in [0.717, 1.165) is 0 Å². The number of fused-ring (bicyclic) bond motifs is 1. The number of carbonyl (C=O) groups is 1.